The summed E-state index contributed by atoms with van der Waals surface area (Å²) in [6.45, 7) is 0.640. The second-order valence-electron chi connectivity index (χ2n) is 6.12. The SMILES string of the molecule is CC(NC(=O)NC(C)(CO)C1CC1)c1ccc(OC(F)F)cc1. The van der Waals surface area contributed by atoms with Crippen molar-refractivity contribution < 1.29 is 23.4 Å². The molecule has 0 aromatic heterocycles. The van der Waals surface area contributed by atoms with E-state index < -0.39 is 12.2 Å². The summed E-state index contributed by atoms with van der Waals surface area (Å²) in [7, 11) is 0. The van der Waals surface area contributed by atoms with Crippen LogP contribution in [0.2, 0.25) is 0 Å². The highest BCUT2D eigenvalue weighted by atomic mass is 19.3. The number of urea groups is 1. The van der Waals surface area contributed by atoms with Gasteiger partial charge >= 0.3 is 12.6 Å². The Labute approximate surface area is 134 Å². The van der Waals surface area contributed by atoms with E-state index in [4.69, 9.17) is 0 Å². The number of aliphatic hydroxyl groups is 1. The van der Waals surface area contributed by atoms with E-state index in [0.29, 0.717) is 5.92 Å². The van der Waals surface area contributed by atoms with Crippen LogP contribution in [0.4, 0.5) is 13.6 Å². The monoisotopic (exact) mass is 328 g/mol. The maximum Gasteiger partial charge on any atom is 0.387 e. The third kappa shape index (κ3) is 4.79. The van der Waals surface area contributed by atoms with Gasteiger partial charge in [-0.05, 0) is 50.3 Å². The van der Waals surface area contributed by atoms with E-state index in [0.717, 1.165) is 18.4 Å². The molecule has 5 nitrogen and oxygen atoms in total. The van der Waals surface area contributed by atoms with Gasteiger partial charge in [-0.25, -0.2) is 4.79 Å². The standard InChI is InChI=1S/C16H22F2N2O3/c1-10(11-3-7-13(8-4-11)23-14(17)18)19-15(22)20-16(2,9-21)12-5-6-12/h3-4,7-8,10,12,14,21H,5-6,9H2,1-2H3,(H2,19,20,22). The number of aliphatic hydroxyl groups excluding tert-OH is 1. The summed E-state index contributed by atoms with van der Waals surface area (Å²) in [4.78, 5) is 12.1. The number of halogens is 2. The summed E-state index contributed by atoms with van der Waals surface area (Å²) < 4.78 is 28.5. The van der Waals surface area contributed by atoms with Crippen molar-refractivity contribution in [2.24, 2.45) is 5.92 Å². The fourth-order valence-electron chi connectivity index (χ4n) is 2.50. The highest BCUT2D eigenvalue weighted by Gasteiger charge is 2.42. The van der Waals surface area contributed by atoms with Crippen molar-refractivity contribution in [1.29, 1.82) is 0 Å². The predicted molar refractivity (Wildman–Crippen MR) is 81.4 cm³/mol. The molecule has 0 aliphatic heterocycles. The fourth-order valence-corrected chi connectivity index (χ4v) is 2.50. The average Bonchev–Trinajstić information content (AvgIpc) is 3.32. The molecule has 2 rings (SSSR count). The van der Waals surface area contributed by atoms with Crippen LogP contribution >= 0.6 is 0 Å². The van der Waals surface area contributed by atoms with Gasteiger partial charge < -0.3 is 20.5 Å². The molecule has 1 aromatic rings. The van der Waals surface area contributed by atoms with E-state index >= 15 is 0 Å². The summed E-state index contributed by atoms with van der Waals surface area (Å²) in [5.74, 6) is 0.376. The number of carbonyl (C=O) groups excluding carboxylic acids is 1. The van der Waals surface area contributed by atoms with E-state index in [-0.39, 0.29) is 24.4 Å². The van der Waals surface area contributed by atoms with Crippen molar-refractivity contribution in [3.63, 3.8) is 0 Å². The Balaban J connectivity index is 1.90. The molecule has 0 bridgehead atoms. The number of carbonyl (C=O) groups is 1. The average molecular weight is 328 g/mol. The zero-order valence-electron chi connectivity index (χ0n) is 13.2. The fraction of sp³-hybridized carbons (Fsp3) is 0.562. The van der Waals surface area contributed by atoms with Gasteiger partial charge in [0.15, 0.2) is 0 Å². The van der Waals surface area contributed by atoms with Gasteiger partial charge in [-0.1, -0.05) is 12.1 Å². The third-order valence-corrected chi connectivity index (χ3v) is 4.16. The topological polar surface area (TPSA) is 70.6 Å². The molecule has 1 aromatic carbocycles. The molecule has 2 unspecified atom stereocenters. The van der Waals surface area contributed by atoms with Crippen LogP contribution in [-0.4, -0.2) is 29.9 Å². The zero-order chi connectivity index (χ0) is 17.0. The second kappa shape index (κ2) is 7.12. The summed E-state index contributed by atoms with van der Waals surface area (Å²) in [6.07, 6.45) is 2.00. The first-order valence-electron chi connectivity index (χ1n) is 7.58. The molecule has 0 saturated heterocycles. The summed E-state index contributed by atoms with van der Waals surface area (Å²) in [5, 5.41) is 15.1. The Bertz CT molecular complexity index is 535. The number of amides is 2. The Hall–Kier alpha value is -1.89. The van der Waals surface area contributed by atoms with Crippen LogP contribution in [-0.2, 0) is 0 Å². The van der Waals surface area contributed by atoms with Gasteiger partial charge in [0.1, 0.15) is 5.75 Å². The van der Waals surface area contributed by atoms with Gasteiger partial charge in [0.25, 0.3) is 0 Å². The molecule has 1 fully saturated rings. The van der Waals surface area contributed by atoms with Crippen LogP contribution in [0.1, 0.15) is 38.3 Å². The third-order valence-electron chi connectivity index (χ3n) is 4.16. The molecular weight excluding hydrogens is 306 g/mol. The Morgan fingerprint density at radius 3 is 2.48 bits per heavy atom. The quantitative estimate of drug-likeness (QED) is 0.721. The molecule has 0 heterocycles. The predicted octanol–water partition coefficient (Wildman–Crippen LogP) is 2.81. The van der Waals surface area contributed by atoms with E-state index in [9.17, 15) is 18.7 Å². The van der Waals surface area contributed by atoms with Crippen molar-refractivity contribution in [2.75, 3.05) is 6.61 Å². The number of benzene rings is 1. The smallest absolute Gasteiger partial charge is 0.387 e. The van der Waals surface area contributed by atoms with Crippen LogP contribution < -0.4 is 15.4 Å². The number of alkyl halides is 2. The maximum absolute atomic E-state index is 12.1. The van der Waals surface area contributed by atoms with Crippen LogP contribution in [0, 0.1) is 5.92 Å². The van der Waals surface area contributed by atoms with Gasteiger partial charge in [-0.15, -0.1) is 0 Å². The molecule has 23 heavy (non-hydrogen) atoms. The lowest BCUT2D eigenvalue weighted by Gasteiger charge is -2.29. The van der Waals surface area contributed by atoms with Crippen LogP contribution in [0.25, 0.3) is 0 Å². The van der Waals surface area contributed by atoms with Crippen LogP contribution in [0.3, 0.4) is 0 Å². The Morgan fingerprint density at radius 1 is 1.39 bits per heavy atom. The Kier molecular flexibility index (Phi) is 5.41. The first kappa shape index (κ1) is 17.5. The number of rotatable bonds is 7. The lowest BCUT2D eigenvalue weighted by Crippen LogP contribution is -2.54. The van der Waals surface area contributed by atoms with Crippen molar-refractivity contribution in [2.45, 2.75) is 44.9 Å². The molecule has 2 amide bonds. The second-order valence-corrected chi connectivity index (χ2v) is 6.12. The Morgan fingerprint density at radius 2 is 2.00 bits per heavy atom. The van der Waals surface area contributed by atoms with E-state index in [2.05, 4.69) is 15.4 Å². The molecule has 3 N–H and O–H groups in total. The molecule has 2 atom stereocenters. The number of hydrogen-bond donors (Lipinski definition) is 3. The van der Waals surface area contributed by atoms with Gasteiger partial charge in [0.05, 0.1) is 18.2 Å². The minimum atomic E-state index is -2.86. The molecule has 1 aliphatic rings. The lowest BCUT2D eigenvalue weighted by atomic mass is 9.97. The van der Waals surface area contributed by atoms with Gasteiger partial charge in [0.2, 0.25) is 0 Å². The zero-order valence-corrected chi connectivity index (χ0v) is 13.2. The van der Waals surface area contributed by atoms with Crippen molar-refractivity contribution in [1.82, 2.24) is 10.6 Å². The molecule has 0 radical (unpaired) electrons. The molecule has 0 spiro atoms. The molecule has 1 saturated carbocycles. The number of nitrogens with one attached hydrogen (secondary N) is 2. The molecule has 128 valence electrons. The molecular formula is C16H22F2N2O3. The number of hydrogen-bond acceptors (Lipinski definition) is 3. The van der Waals surface area contributed by atoms with Crippen LogP contribution in [0.5, 0.6) is 5.75 Å². The minimum absolute atomic E-state index is 0.0713. The number of ether oxygens (including phenoxy) is 1. The van der Waals surface area contributed by atoms with Crippen molar-refractivity contribution >= 4 is 6.03 Å². The summed E-state index contributed by atoms with van der Waals surface area (Å²) >= 11 is 0. The van der Waals surface area contributed by atoms with Gasteiger partial charge in [-0.2, -0.15) is 8.78 Å². The van der Waals surface area contributed by atoms with E-state index in [1.807, 2.05) is 6.92 Å². The minimum Gasteiger partial charge on any atom is -0.435 e. The van der Waals surface area contributed by atoms with Gasteiger partial charge in [-0.3, -0.25) is 0 Å². The molecule has 1 aliphatic carbocycles. The first-order valence-corrected chi connectivity index (χ1v) is 7.58. The molecule has 7 heteroatoms. The lowest BCUT2D eigenvalue weighted by molar-refractivity contribution is -0.0498. The maximum atomic E-state index is 12.1. The van der Waals surface area contributed by atoms with E-state index in [1.165, 1.54) is 12.1 Å². The summed E-state index contributed by atoms with van der Waals surface area (Å²) in [5.41, 5.74) is 0.151. The normalized spacial score (nSPS) is 18.2. The largest absolute Gasteiger partial charge is 0.435 e. The van der Waals surface area contributed by atoms with Gasteiger partial charge in [0, 0.05) is 0 Å². The van der Waals surface area contributed by atoms with Crippen molar-refractivity contribution in [3.8, 4) is 5.75 Å². The summed E-state index contributed by atoms with van der Waals surface area (Å²) in [6, 6.07) is 5.43. The van der Waals surface area contributed by atoms with Crippen molar-refractivity contribution in [3.05, 3.63) is 29.8 Å². The van der Waals surface area contributed by atoms with Crippen LogP contribution in [0.15, 0.2) is 24.3 Å². The first-order chi connectivity index (χ1) is 10.8. The highest BCUT2D eigenvalue weighted by Crippen LogP contribution is 2.39. The highest BCUT2D eigenvalue weighted by molar-refractivity contribution is 5.75. The van der Waals surface area contributed by atoms with E-state index in [1.54, 1.807) is 19.1 Å².